The highest BCUT2D eigenvalue weighted by Gasteiger charge is 2.18. The van der Waals surface area contributed by atoms with Crippen molar-refractivity contribution in [2.75, 3.05) is 52.2 Å². The van der Waals surface area contributed by atoms with E-state index in [0.29, 0.717) is 5.95 Å². The number of aromatic nitrogens is 4. The standard InChI is InChI=1S/C24H31F2N7O2/c1-17-11-21(34-3)23(26)20(22(17)25)16-35-19-13-27-24(28-14-19)30-18-12-29-33(15-18)10-9-32-6-4-5-31(2)7-8-32/h11-15H,4-10,16H2,1-3H3,(H,27,28,30). The summed E-state index contributed by atoms with van der Waals surface area (Å²) in [6, 6.07) is 1.31. The quantitative estimate of drug-likeness (QED) is 0.493. The summed E-state index contributed by atoms with van der Waals surface area (Å²) < 4.78 is 41.1. The fraction of sp³-hybridized carbons (Fsp3) is 0.458. The van der Waals surface area contributed by atoms with Crippen LogP contribution in [-0.4, -0.2) is 76.4 Å². The largest absolute Gasteiger partial charge is 0.494 e. The second kappa shape index (κ2) is 11.4. The van der Waals surface area contributed by atoms with E-state index in [1.54, 1.807) is 13.1 Å². The number of nitrogens with one attached hydrogen (secondary N) is 1. The Morgan fingerprint density at radius 3 is 2.60 bits per heavy atom. The van der Waals surface area contributed by atoms with Gasteiger partial charge in [0, 0.05) is 25.8 Å². The van der Waals surface area contributed by atoms with Crippen LogP contribution in [0.5, 0.6) is 11.5 Å². The molecule has 1 aliphatic heterocycles. The van der Waals surface area contributed by atoms with Crippen LogP contribution in [0.2, 0.25) is 0 Å². The highest BCUT2D eigenvalue weighted by atomic mass is 19.1. The van der Waals surface area contributed by atoms with E-state index in [2.05, 4.69) is 37.2 Å². The Bertz CT molecular complexity index is 1120. The molecule has 0 aliphatic carbocycles. The van der Waals surface area contributed by atoms with Crippen LogP contribution in [0.1, 0.15) is 17.5 Å². The van der Waals surface area contributed by atoms with Gasteiger partial charge in [-0.2, -0.15) is 5.10 Å². The Morgan fingerprint density at radius 1 is 1.03 bits per heavy atom. The fourth-order valence-corrected chi connectivity index (χ4v) is 3.94. The van der Waals surface area contributed by atoms with Crippen molar-refractivity contribution in [2.24, 2.45) is 0 Å². The van der Waals surface area contributed by atoms with Gasteiger partial charge in [-0.1, -0.05) is 0 Å². The van der Waals surface area contributed by atoms with Gasteiger partial charge in [0.1, 0.15) is 12.4 Å². The van der Waals surface area contributed by atoms with Crippen LogP contribution < -0.4 is 14.8 Å². The number of anilines is 2. The van der Waals surface area contributed by atoms with E-state index in [-0.39, 0.29) is 29.2 Å². The average molecular weight is 488 g/mol. The minimum absolute atomic E-state index is 0.0297. The number of halogens is 2. The maximum atomic E-state index is 14.4. The van der Waals surface area contributed by atoms with Gasteiger partial charge >= 0.3 is 0 Å². The molecule has 9 nitrogen and oxygen atoms in total. The molecule has 35 heavy (non-hydrogen) atoms. The van der Waals surface area contributed by atoms with E-state index in [9.17, 15) is 8.78 Å². The number of methoxy groups -OCH3 is 1. The fourth-order valence-electron chi connectivity index (χ4n) is 3.94. The third-order valence-electron chi connectivity index (χ3n) is 6.02. The lowest BCUT2D eigenvalue weighted by atomic mass is 10.1. The number of ether oxygens (including phenoxy) is 2. The van der Waals surface area contributed by atoms with Crippen molar-refractivity contribution in [2.45, 2.75) is 26.5 Å². The van der Waals surface area contributed by atoms with Gasteiger partial charge in [-0.15, -0.1) is 0 Å². The first-order chi connectivity index (χ1) is 16.9. The number of likely N-dealkylation sites (N-methyl/N-ethyl adjacent to an activating group) is 1. The Kier molecular flexibility index (Phi) is 8.09. The molecule has 1 fully saturated rings. The van der Waals surface area contributed by atoms with Crippen LogP contribution in [0.3, 0.4) is 0 Å². The van der Waals surface area contributed by atoms with Crippen molar-refractivity contribution in [3.63, 3.8) is 0 Å². The summed E-state index contributed by atoms with van der Waals surface area (Å²) in [6.07, 6.45) is 7.70. The molecule has 0 bridgehead atoms. The van der Waals surface area contributed by atoms with Gasteiger partial charge in [-0.3, -0.25) is 4.68 Å². The molecule has 1 N–H and O–H groups in total. The van der Waals surface area contributed by atoms with Crippen molar-refractivity contribution in [1.29, 1.82) is 0 Å². The molecule has 0 radical (unpaired) electrons. The lowest BCUT2D eigenvalue weighted by Gasteiger charge is -2.19. The Morgan fingerprint density at radius 2 is 1.83 bits per heavy atom. The number of rotatable bonds is 9. The lowest BCUT2D eigenvalue weighted by molar-refractivity contribution is 0.262. The number of aryl methyl sites for hydroxylation is 1. The zero-order chi connectivity index (χ0) is 24.8. The SMILES string of the molecule is COc1cc(C)c(F)c(COc2cnc(Nc3cnn(CCN4CCCN(C)CC4)c3)nc2)c1F. The van der Waals surface area contributed by atoms with Crippen molar-refractivity contribution in [1.82, 2.24) is 29.5 Å². The average Bonchev–Trinajstić information content (AvgIpc) is 3.20. The number of hydrogen-bond acceptors (Lipinski definition) is 8. The Hall–Kier alpha value is -3.31. The second-order valence-electron chi connectivity index (χ2n) is 8.65. The van der Waals surface area contributed by atoms with E-state index in [4.69, 9.17) is 9.47 Å². The summed E-state index contributed by atoms with van der Waals surface area (Å²) >= 11 is 0. The van der Waals surface area contributed by atoms with E-state index in [0.717, 1.165) is 45.0 Å². The zero-order valence-corrected chi connectivity index (χ0v) is 20.3. The highest BCUT2D eigenvalue weighted by molar-refractivity contribution is 5.50. The number of hydrogen-bond donors (Lipinski definition) is 1. The first-order valence-electron chi connectivity index (χ1n) is 11.6. The van der Waals surface area contributed by atoms with Gasteiger partial charge in [0.25, 0.3) is 0 Å². The normalized spacial score (nSPS) is 15.1. The molecule has 0 spiro atoms. The maximum Gasteiger partial charge on any atom is 0.227 e. The first kappa shape index (κ1) is 24.8. The van der Waals surface area contributed by atoms with Gasteiger partial charge in [0.2, 0.25) is 5.95 Å². The molecule has 3 aromatic rings. The van der Waals surface area contributed by atoms with Gasteiger partial charge < -0.3 is 24.6 Å². The molecule has 1 aliphatic rings. The van der Waals surface area contributed by atoms with E-state index >= 15 is 0 Å². The van der Waals surface area contributed by atoms with Gasteiger partial charge in [0.05, 0.1) is 43.5 Å². The Labute approximate surface area is 203 Å². The molecule has 1 aromatic carbocycles. The molecular weight excluding hydrogens is 456 g/mol. The topological polar surface area (TPSA) is 80.6 Å². The molecule has 11 heteroatoms. The molecule has 1 saturated heterocycles. The third kappa shape index (κ3) is 6.43. The van der Waals surface area contributed by atoms with Crippen LogP contribution >= 0.6 is 0 Å². The second-order valence-corrected chi connectivity index (χ2v) is 8.65. The minimum Gasteiger partial charge on any atom is -0.494 e. The summed E-state index contributed by atoms with van der Waals surface area (Å²) in [4.78, 5) is 13.3. The molecule has 4 rings (SSSR count). The van der Waals surface area contributed by atoms with E-state index < -0.39 is 11.6 Å². The summed E-state index contributed by atoms with van der Waals surface area (Å²) in [5, 5.41) is 7.51. The summed E-state index contributed by atoms with van der Waals surface area (Å²) in [5.74, 6) is -0.828. The predicted molar refractivity (Wildman–Crippen MR) is 128 cm³/mol. The van der Waals surface area contributed by atoms with Crippen molar-refractivity contribution < 1.29 is 18.3 Å². The minimum atomic E-state index is -0.782. The molecule has 0 unspecified atom stereocenters. The van der Waals surface area contributed by atoms with E-state index in [1.807, 2.05) is 10.9 Å². The van der Waals surface area contributed by atoms with Crippen molar-refractivity contribution >= 4 is 11.6 Å². The molecular formula is C24H31F2N7O2. The monoisotopic (exact) mass is 487 g/mol. The summed E-state index contributed by atoms with van der Waals surface area (Å²) in [6.45, 7) is 7.39. The van der Waals surface area contributed by atoms with E-state index in [1.165, 1.54) is 32.0 Å². The molecule has 0 saturated carbocycles. The molecule has 3 heterocycles. The zero-order valence-electron chi connectivity index (χ0n) is 20.3. The lowest BCUT2D eigenvalue weighted by Crippen LogP contribution is -2.31. The summed E-state index contributed by atoms with van der Waals surface area (Å²) in [5.41, 5.74) is 0.839. The van der Waals surface area contributed by atoms with Crippen LogP contribution in [0, 0.1) is 18.6 Å². The third-order valence-corrected chi connectivity index (χ3v) is 6.02. The maximum absolute atomic E-state index is 14.4. The first-order valence-corrected chi connectivity index (χ1v) is 11.6. The van der Waals surface area contributed by atoms with Crippen LogP contribution in [-0.2, 0) is 13.2 Å². The number of nitrogens with zero attached hydrogens (tertiary/aromatic N) is 6. The number of benzene rings is 1. The van der Waals surface area contributed by atoms with Crippen LogP contribution in [0.15, 0.2) is 30.9 Å². The van der Waals surface area contributed by atoms with Gasteiger partial charge in [-0.25, -0.2) is 18.7 Å². The van der Waals surface area contributed by atoms with Crippen molar-refractivity contribution in [3.8, 4) is 11.5 Å². The van der Waals surface area contributed by atoms with Crippen LogP contribution in [0.4, 0.5) is 20.4 Å². The van der Waals surface area contributed by atoms with Gasteiger partial charge in [-0.05, 0) is 45.1 Å². The predicted octanol–water partition coefficient (Wildman–Crippen LogP) is 3.23. The van der Waals surface area contributed by atoms with Gasteiger partial charge in [0.15, 0.2) is 17.3 Å². The highest BCUT2D eigenvalue weighted by Crippen LogP contribution is 2.27. The summed E-state index contributed by atoms with van der Waals surface area (Å²) in [7, 11) is 3.50. The molecule has 0 amide bonds. The van der Waals surface area contributed by atoms with Crippen LogP contribution in [0.25, 0.3) is 0 Å². The smallest absolute Gasteiger partial charge is 0.227 e. The molecule has 0 atom stereocenters. The van der Waals surface area contributed by atoms with Crippen molar-refractivity contribution in [3.05, 3.63) is 53.6 Å². The molecule has 188 valence electrons. The molecule has 2 aromatic heterocycles. The Balaban J connectivity index is 1.29.